The highest BCUT2D eigenvalue weighted by Gasteiger charge is 2.40. The number of benzene rings is 1. The molecule has 2 rings (SSSR count). The maximum absolute atomic E-state index is 11.5. The summed E-state index contributed by atoms with van der Waals surface area (Å²) in [5.41, 5.74) is 1.67. The molecule has 0 aromatic heterocycles. The first kappa shape index (κ1) is 13.3. The van der Waals surface area contributed by atoms with E-state index in [-0.39, 0.29) is 10.9 Å². The predicted octanol–water partition coefficient (Wildman–Crippen LogP) is 2.77. The Morgan fingerprint density at radius 2 is 1.84 bits per heavy atom. The van der Waals surface area contributed by atoms with Crippen molar-refractivity contribution in [3.63, 3.8) is 0 Å². The summed E-state index contributed by atoms with van der Waals surface area (Å²) in [7, 11) is 0. The van der Waals surface area contributed by atoms with Gasteiger partial charge in [-0.1, -0.05) is 23.6 Å². The van der Waals surface area contributed by atoms with Crippen molar-refractivity contribution in [3.05, 3.63) is 46.7 Å². The fourth-order valence-corrected chi connectivity index (χ4v) is 2.64. The van der Waals surface area contributed by atoms with Crippen LogP contribution in [0.1, 0.15) is 25.0 Å². The van der Waals surface area contributed by atoms with E-state index < -0.39 is 4.75 Å². The topological polar surface area (TPSA) is 61.1 Å². The SMILES string of the molecule is CC1=C(O)C(C)(C#Cc2ccc(C#N)cc2)SC1=O. The lowest BCUT2D eigenvalue weighted by atomic mass is 10.1. The van der Waals surface area contributed by atoms with Crippen LogP contribution in [0, 0.1) is 23.2 Å². The van der Waals surface area contributed by atoms with Gasteiger partial charge >= 0.3 is 0 Å². The van der Waals surface area contributed by atoms with E-state index in [0.29, 0.717) is 11.1 Å². The Kier molecular flexibility index (Phi) is 3.38. The first-order valence-corrected chi connectivity index (χ1v) is 6.45. The van der Waals surface area contributed by atoms with E-state index in [1.165, 1.54) is 0 Å². The first-order chi connectivity index (χ1) is 8.96. The second-order valence-electron chi connectivity index (χ2n) is 4.34. The zero-order chi connectivity index (χ0) is 14.0. The summed E-state index contributed by atoms with van der Waals surface area (Å²) in [5.74, 6) is 5.88. The van der Waals surface area contributed by atoms with E-state index in [0.717, 1.165) is 17.3 Å². The number of carbonyl (C=O) groups excluding carboxylic acids is 1. The molecule has 1 aliphatic rings. The van der Waals surface area contributed by atoms with Crippen LogP contribution in [0.25, 0.3) is 0 Å². The van der Waals surface area contributed by atoms with Crippen LogP contribution in [0.2, 0.25) is 0 Å². The maximum atomic E-state index is 11.5. The molecule has 1 unspecified atom stereocenters. The fraction of sp³-hybridized carbons (Fsp3) is 0.200. The van der Waals surface area contributed by atoms with Gasteiger partial charge in [-0.25, -0.2) is 0 Å². The average molecular weight is 269 g/mol. The molecule has 94 valence electrons. The van der Waals surface area contributed by atoms with Gasteiger partial charge in [-0.3, -0.25) is 4.79 Å². The summed E-state index contributed by atoms with van der Waals surface area (Å²) in [4.78, 5) is 11.5. The minimum atomic E-state index is -0.880. The molecular weight excluding hydrogens is 258 g/mol. The van der Waals surface area contributed by atoms with Crippen LogP contribution in [0.15, 0.2) is 35.6 Å². The standard InChI is InChI=1S/C15H11NO2S/c1-10-13(17)15(2,19-14(10)18)8-7-11-3-5-12(9-16)6-4-11/h3-6,17H,1-2H3. The quantitative estimate of drug-likeness (QED) is 0.736. The number of aliphatic hydroxyl groups excluding tert-OH is 1. The van der Waals surface area contributed by atoms with E-state index in [1.807, 2.05) is 6.07 Å². The smallest absolute Gasteiger partial charge is 0.220 e. The van der Waals surface area contributed by atoms with Crippen molar-refractivity contribution in [1.82, 2.24) is 0 Å². The number of nitriles is 1. The highest BCUT2D eigenvalue weighted by Crippen LogP contribution is 2.41. The Balaban J connectivity index is 2.30. The van der Waals surface area contributed by atoms with Crippen LogP contribution in [-0.4, -0.2) is 15.0 Å². The van der Waals surface area contributed by atoms with Gasteiger partial charge in [0.2, 0.25) is 5.12 Å². The second-order valence-corrected chi connectivity index (χ2v) is 5.73. The number of nitrogens with zero attached hydrogens (tertiary/aromatic N) is 1. The molecule has 1 aromatic rings. The minimum absolute atomic E-state index is 0.0312. The average Bonchev–Trinajstić information content (AvgIpc) is 2.61. The molecule has 1 atom stereocenters. The number of thioether (sulfide) groups is 1. The van der Waals surface area contributed by atoms with Gasteiger partial charge in [0.25, 0.3) is 0 Å². The number of aliphatic hydroxyl groups is 1. The molecule has 0 fully saturated rings. The minimum Gasteiger partial charge on any atom is -0.509 e. The Hall–Kier alpha value is -2.17. The molecule has 3 nitrogen and oxygen atoms in total. The lowest BCUT2D eigenvalue weighted by Gasteiger charge is -2.14. The van der Waals surface area contributed by atoms with Gasteiger partial charge in [0, 0.05) is 11.1 Å². The molecule has 0 aliphatic carbocycles. The zero-order valence-electron chi connectivity index (χ0n) is 10.5. The summed E-state index contributed by atoms with van der Waals surface area (Å²) in [5, 5.41) is 18.5. The largest absolute Gasteiger partial charge is 0.509 e. The molecular formula is C15H11NO2S. The van der Waals surface area contributed by atoms with E-state index in [1.54, 1.807) is 38.1 Å². The zero-order valence-corrected chi connectivity index (χ0v) is 11.3. The van der Waals surface area contributed by atoms with Gasteiger partial charge in [-0.15, -0.1) is 0 Å². The predicted molar refractivity (Wildman–Crippen MR) is 74.4 cm³/mol. The molecule has 19 heavy (non-hydrogen) atoms. The highest BCUT2D eigenvalue weighted by molar-refractivity contribution is 8.16. The molecule has 0 spiro atoms. The van der Waals surface area contributed by atoms with Crippen molar-refractivity contribution in [2.75, 3.05) is 0 Å². The van der Waals surface area contributed by atoms with E-state index in [9.17, 15) is 9.90 Å². The molecule has 0 amide bonds. The van der Waals surface area contributed by atoms with Crippen molar-refractivity contribution in [2.24, 2.45) is 0 Å². The third-order valence-electron chi connectivity index (χ3n) is 2.87. The Morgan fingerprint density at radius 1 is 1.26 bits per heavy atom. The Labute approximate surface area is 115 Å². The summed E-state index contributed by atoms with van der Waals surface area (Å²) < 4.78 is -0.880. The number of rotatable bonds is 0. The van der Waals surface area contributed by atoms with E-state index in [4.69, 9.17) is 5.26 Å². The Bertz CT molecular complexity index is 671. The van der Waals surface area contributed by atoms with Crippen LogP contribution in [0.4, 0.5) is 0 Å². The van der Waals surface area contributed by atoms with Crippen molar-refractivity contribution < 1.29 is 9.90 Å². The van der Waals surface area contributed by atoms with Crippen molar-refractivity contribution >= 4 is 16.9 Å². The summed E-state index contributed by atoms with van der Waals surface area (Å²) in [6, 6.07) is 8.87. The van der Waals surface area contributed by atoms with Gasteiger partial charge in [-0.05, 0) is 38.1 Å². The molecule has 1 N–H and O–H groups in total. The van der Waals surface area contributed by atoms with E-state index in [2.05, 4.69) is 11.8 Å². The maximum Gasteiger partial charge on any atom is 0.220 e. The van der Waals surface area contributed by atoms with Crippen LogP contribution in [0.3, 0.4) is 0 Å². The first-order valence-electron chi connectivity index (χ1n) is 5.63. The van der Waals surface area contributed by atoms with Gasteiger partial charge in [0.1, 0.15) is 10.5 Å². The van der Waals surface area contributed by atoms with Gasteiger partial charge in [-0.2, -0.15) is 5.26 Å². The summed E-state index contributed by atoms with van der Waals surface area (Å²) in [6.07, 6.45) is 0. The molecule has 0 bridgehead atoms. The molecule has 1 aliphatic heterocycles. The third-order valence-corrected chi connectivity index (χ3v) is 4.06. The van der Waals surface area contributed by atoms with Crippen molar-refractivity contribution in [1.29, 1.82) is 5.26 Å². The number of hydrogen-bond donors (Lipinski definition) is 1. The monoisotopic (exact) mass is 269 g/mol. The molecule has 1 aromatic carbocycles. The number of hydrogen-bond acceptors (Lipinski definition) is 4. The van der Waals surface area contributed by atoms with Crippen LogP contribution in [-0.2, 0) is 4.79 Å². The molecule has 0 radical (unpaired) electrons. The lowest BCUT2D eigenvalue weighted by molar-refractivity contribution is -0.107. The summed E-state index contributed by atoms with van der Waals surface area (Å²) >= 11 is 1.02. The van der Waals surface area contributed by atoms with E-state index >= 15 is 0 Å². The second kappa shape index (κ2) is 4.84. The van der Waals surface area contributed by atoms with Gasteiger partial charge < -0.3 is 5.11 Å². The lowest BCUT2D eigenvalue weighted by Crippen LogP contribution is -2.17. The summed E-state index contributed by atoms with van der Waals surface area (Å²) in [6.45, 7) is 3.32. The fourth-order valence-electron chi connectivity index (χ4n) is 1.67. The Morgan fingerprint density at radius 3 is 2.32 bits per heavy atom. The van der Waals surface area contributed by atoms with Crippen LogP contribution < -0.4 is 0 Å². The van der Waals surface area contributed by atoms with Crippen molar-refractivity contribution in [2.45, 2.75) is 18.6 Å². The number of carbonyl (C=O) groups is 1. The molecule has 4 heteroatoms. The molecule has 1 heterocycles. The normalized spacial score (nSPS) is 21.8. The molecule has 0 saturated carbocycles. The van der Waals surface area contributed by atoms with Gasteiger partial charge in [0.15, 0.2) is 0 Å². The third kappa shape index (κ3) is 2.50. The highest BCUT2D eigenvalue weighted by atomic mass is 32.2. The van der Waals surface area contributed by atoms with Gasteiger partial charge in [0.05, 0.1) is 11.6 Å². The van der Waals surface area contributed by atoms with Crippen LogP contribution >= 0.6 is 11.8 Å². The van der Waals surface area contributed by atoms with Crippen molar-refractivity contribution in [3.8, 4) is 17.9 Å². The van der Waals surface area contributed by atoms with Crippen LogP contribution in [0.5, 0.6) is 0 Å². The molecule has 0 saturated heterocycles.